The number of carbonyl (C=O) groups is 1. The second-order valence-electron chi connectivity index (χ2n) is 7.84. The van der Waals surface area contributed by atoms with Gasteiger partial charge in [-0.1, -0.05) is 54.2 Å². The summed E-state index contributed by atoms with van der Waals surface area (Å²) in [5.74, 6) is -1.85. The van der Waals surface area contributed by atoms with Gasteiger partial charge in [0.1, 0.15) is 16.9 Å². The average Bonchev–Trinajstić information content (AvgIpc) is 3.63. The molecule has 0 unspecified atom stereocenters. The lowest BCUT2D eigenvalue weighted by molar-refractivity contribution is -0.120. The van der Waals surface area contributed by atoms with Crippen molar-refractivity contribution in [2.24, 2.45) is 0 Å². The van der Waals surface area contributed by atoms with Crippen LogP contribution in [-0.4, -0.2) is 21.5 Å². The summed E-state index contributed by atoms with van der Waals surface area (Å²) in [7, 11) is 0. The second kappa shape index (κ2) is 8.78. The van der Waals surface area contributed by atoms with E-state index in [2.05, 4.69) is 10.3 Å². The van der Waals surface area contributed by atoms with Crippen molar-refractivity contribution in [1.29, 1.82) is 0 Å². The van der Waals surface area contributed by atoms with E-state index in [0.29, 0.717) is 10.9 Å². The van der Waals surface area contributed by atoms with Crippen molar-refractivity contribution in [3.05, 3.63) is 100 Å². The first-order chi connectivity index (χ1) is 16.0. The van der Waals surface area contributed by atoms with Gasteiger partial charge in [-0.2, -0.15) is 0 Å². The van der Waals surface area contributed by atoms with Crippen LogP contribution in [0.5, 0.6) is 0 Å². The molecular weight excluding hydrogens is 444 g/mol. The molecular formula is C25H19F2N3O2S. The van der Waals surface area contributed by atoms with Crippen LogP contribution in [0.4, 0.5) is 8.78 Å². The van der Waals surface area contributed by atoms with Gasteiger partial charge < -0.3 is 5.32 Å². The fourth-order valence-corrected chi connectivity index (χ4v) is 4.69. The zero-order valence-corrected chi connectivity index (χ0v) is 18.2. The summed E-state index contributed by atoms with van der Waals surface area (Å²) in [4.78, 5) is 31.2. The van der Waals surface area contributed by atoms with Crippen molar-refractivity contribution in [2.75, 3.05) is 0 Å². The Morgan fingerprint density at radius 1 is 1.03 bits per heavy atom. The highest BCUT2D eigenvalue weighted by molar-refractivity contribution is 8.00. The summed E-state index contributed by atoms with van der Waals surface area (Å²) in [6.45, 7) is 0. The van der Waals surface area contributed by atoms with E-state index in [0.717, 1.165) is 46.9 Å². The van der Waals surface area contributed by atoms with E-state index in [1.165, 1.54) is 6.07 Å². The number of amides is 1. The van der Waals surface area contributed by atoms with Crippen LogP contribution >= 0.6 is 11.8 Å². The van der Waals surface area contributed by atoms with Crippen LogP contribution < -0.4 is 10.9 Å². The summed E-state index contributed by atoms with van der Waals surface area (Å²) in [5, 5.41) is 2.73. The number of carbonyl (C=O) groups excluding carboxylic acids is 1. The van der Waals surface area contributed by atoms with Gasteiger partial charge in [0.05, 0.1) is 16.6 Å². The third-order valence-corrected chi connectivity index (χ3v) is 6.59. The molecule has 1 atom stereocenters. The van der Waals surface area contributed by atoms with Gasteiger partial charge in [-0.05, 0) is 42.7 Å². The maximum absolute atomic E-state index is 14.8. The van der Waals surface area contributed by atoms with Gasteiger partial charge in [0, 0.05) is 12.1 Å². The van der Waals surface area contributed by atoms with Gasteiger partial charge in [0.2, 0.25) is 5.91 Å². The fourth-order valence-electron chi connectivity index (χ4n) is 3.58. The summed E-state index contributed by atoms with van der Waals surface area (Å²) < 4.78 is 29.5. The summed E-state index contributed by atoms with van der Waals surface area (Å²) >= 11 is 1.06. The van der Waals surface area contributed by atoms with Crippen molar-refractivity contribution >= 4 is 28.6 Å². The Morgan fingerprint density at radius 2 is 1.76 bits per heavy atom. The number of nitrogens with zero attached hydrogens (tertiary/aromatic N) is 2. The third-order valence-electron chi connectivity index (χ3n) is 5.38. The Labute approximate surface area is 192 Å². The lowest BCUT2D eigenvalue weighted by atomic mass is 10.1. The molecule has 8 heteroatoms. The molecule has 0 spiro atoms. The molecule has 1 amide bonds. The van der Waals surface area contributed by atoms with E-state index in [1.54, 1.807) is 24.3 Å². The molecule has 0 saturated heterocycles. The van der Waals surface area contributed by atoms with Crippen molar-refractivity contribution < 1.29 is 13.6 Å². The van der Waals surface area contributed by atoms with Gasteiger partial charge in [-0.25, -0.2) is 13.8 Å². The molecule has 1 fully saturated rings. The van der Waals surface area contributed by atoms with Crippen LogP contribution in [-0.2, 0) is 4.79 Å². The minimum Gasteiger partial charge on any atom is -0.352 e. The third kappa shape index (κ3) is 4.39. The topological polar surface area (TPSA) is 64.0 Å². The number of fused-ring (bicyclic) bond motifs is 1. The molecule has 1 saturated carbocycles. The van der Waals surface area contributed by atoms with Crippen LogP contribution in [0.1, 0.15) is 23.7 Å². The van der Waals surface area contributed by atoms with Crippen molar-refractivity contribution in [1.82, 2.24) is 14.9 Å². The molecule has 0 radical (unpaired) electrons. The number of para-hydroxylation sites is 1. The Hall–Kier alpha value is -3.52. The molecule has 0 aliphatic heterocycles. The average molecular weight is 464 g/mol. The molecule has 5 rings (SSSR count). The smallest absolute Gasteiger partial charge is 0.266 e. The maximum Gasteiger partial charge on any atom is 0.266 e. The molecule has 1 aliphatic carbocycles. The first-order valence-electron chi connectivity index (χ1n) is 10.5. The van der Waals surface area contributed by atoms with Crippen molar-refractivity contribution in [2.45, 2.75) is 29.3 Å². The monoisotopic (exact) mass is 463 g/mol. The minimum atomic E-state index is -0.894. The van der Waals surface area contributed by atoms with E-state index < -0.39 is 22.4 Å². The first kappa shape index (κ1) is 21.3. The molecule has 166 valence electrons. The zero-order chi connectivity index (χ0) is 22.9. The lowest BCUT2D eigenvalue weighted by Crippen LogP contribution is -2.30. The van der Waals surface area contributed by atoms with E-state index >= 15 is 0 Å². The number of hydrogen-bond donors (Lipinski definition) is 1. The second-order valence-corrected chi connectivity index (χ2v) is 8.91. The fraction of sp³-hybridized carbons (Fsp3) is 0.160. The summed E-state index contributed by atoms with van der Waals surface area (Å²) in [5.41, 5.74) is 0.534. The standard InChI is InChI=1S/C25H19F2N3O2S/c26-16-10-13-21(19(27)14-16)30-24(32)18-8-4-5-9-20(18)29-25(30)33-22(15-6-2-1-3-7-15)23(31)28-17-11-12-17/h1-10,13-14,17,22H,11-12H2,(H,28,31)/t22-/m0/s1. The van der Waals surface area contributed by atoms with E-state index in [1.807, 2.05) is 30.3 Å². The number of nitrogens with one attached hydrogen (secondary N) is 1. The van der Waals surface area contributed by atoms with Gasteiger partial charge in [-0.15, -0.1) is 0 Å². The number of aromatic nitrogens is 2. The number of benzene rings is 3. The SMILES string of the molecule is O=C(NC1CC1)[C@@H](Sc1nc2ccccc2c(=O)n1-c1ccc(F)cc1F)c1ccccc1. The van der Waals surface area contributed by atoms with Gasteiger partial charge in [0.25, 0.3) is 5.56 Å². The zero-order valence-electron chi connectivity index (χ0n) is 17.4. The van der Waals surface area contributed by atoms with Crippen molar-refractivity contribution in [3.63, 3.8) is 0 Å². The predicted molar refractivity (Wildman–Crippen MR) is 123 cm³/mol. The van der Waals surface area contributed by atoms with Crippen LogP contribution in [0.15, 0.2) is 82.7 Å². The Balaban J connectivity index is 1.68. The van der Waals surface area contributed by atoms with Gasteiger partial charge in [-0.3, -0.25) is 14.2 Å². The molecule has 1 aliphatic rings. The highest BCUT2D eigenvalue weighted by atomic mass is 32.2. The van der Waals surface area contributed by atoms with E-state index in [9.17, 15) is 18.4 Å². The van der Waals surface area contributed by atoms with Crippen LogP contribution in [0.25, 0.3) is 16.6 Å². The van der Waals surface area contributed by atoms with Gasteiger partial charge >= 0.3 is 0 Å². The minimum absolute atomic E-state index is 0.128. The number of rotatable bonds is 6. The van der Waals surface area contributed by atoms with Crippen LogP contribution in [0.3, 0.4) is 0 Å². The molecule has 4 aromatic rings. The predicted octanol–water partition coefficient (Wildman–Crippen LogP) is 4.78. The number of halogens is 2. The first-order valence-corrected chi connectivity index (χ1v) is 11.4. The molecule has 0 bridgehead atoms. The number of hydrogen-bond acceptors (Lipinski definition) is 4. The maximum atomic E-state index is 14.8. The van der Waals surface area contributed by atoms with Crippen LogP contribution in [0, 0.1) is 11.6 Å². The Kier molecular flexibility index (Phi) is 5.68. The summed E-state index contributed by atoms with van der Waals surface area (Å²) in [6.07, 6.45) is 1.86. The summed E-state index contributed by atoms with van der Waals surface area (Å²) in [6, 6.07) is 19.0. The molecule has 1 aromatic heterocycles. The normalized spacial score (nSPS) is 14.2. The highest BCUT2D eigenvalue weighted by Crippen LogP contribution is 2.36. The Morgan fingerprint density at radius 3 is 2.48 bits per heavy atom. The molecule has 5 nitrogen and oxygen atoms in total. The molecule has 33 heavy (non-hydrogen) atoms. The van der Waals surface area contributed by atoms with Crippen molar-refractivity contribution in [3.8, 4) is 5.69 Å². The molecule has 3 aromatic carbocycles. The van der Waals surface area contributed by atoms with Crippen LogP contribution in [0.2, 0.25) is 0 Å². The number of thioether (sulfide) groups is 1. The molecule has 1 N–H and O–H groups in total. The highest BCUT2D eigenvalue weighted by Gasteiger charge is 2.31. The van der Waals surface area contributed by atoms with E-state index in [4.69, 9.17) is 0 Å². The van der Waals surface area contributed by atoms with E-state index in [-0.39, 0.29) is 22.8 Å². The Bertz CT molecular complexity index is 1400. The van der Waals surface area contributed by atoms with Gasteiger partial charge in [0.15, 0.2) is 5.16 Å². The quantitative estimate of drug-likeness (QED) is 0.330. The molecule has 1 heterocycles. The lowest BCUT2D eigenvalue weighted by Gasteiger charge is -2.19. The largest absolute Gasteiger partial charge is 0.352 e.